The first-order valence-electron chi connectivity index (χ1n) is 8.43. The number of benzene rings is 2. The Bertz CT molecular complexity index is 953. The molecular formula is C20H18N2O4S. The van der Waals surface area contributed by atoms with Crippen LogP contribution in [0.3, 0.4) is 0 Å². The van der Waals surface area contributed by atoms with Crippen LogP contribution in [0, 0.1) is 0 Å². The molecular weight excluding hydrogens is 364 g/mol. The van der Waals surface area contributed by atoms with Crippen LogP contribution in [0.2, 0.25) is 0 Å². The maximum atomic E-state index is 11.5. The Kier molecular flexibility index (Phi) is 5.04. The molecule has 7 heteroatoms. The zero-order chi connectivity index (χ0) is 18.6. The SMILES string of the molecule is COCC(=O)NCc1ccc(-c2nc(-c3ccc4c(c3)OCO4)cs2)cc1. The average molecular weight is 382 g/mol. The van der Waals surface area contributed by atoms with Crippen LogP contribution < -0.4 is 14.8 Å². The molecule has 0 spiro atoms. The van der Waals surface area contributed by atoms with E-state index < -0.39 is 0 Å². The van der Waals surface area contributed by atoms with Crippen molar-refractivity contribution in [3.8, 4) is 33.3 Å². The van der Waals surface area contributed by atoms with Crippen molar-refractivity contribution >= 4 is 17.2 Å². The number of ether oxygens (including phenoxy) is 3. The fourth-order valence-corrected chi connectivity index (χ4v) is 3.58. The van der Waals surface area contributed by atoms with Gasteiger partial charge in [0.15, 0.2) is 11.5 Å². The molecule has 1 aliphatic rings. The van der Waals surface area contributed by atoms with E-state index in [0.717, 1.165) is 38.9 Å². The second kappa shape index (κ2) is 7.77. The Balaban J connectivity index is 1.46. The largest absolute Gasteiger partial charge is 0.454 e. The quantitative estimate of drug-likeness (QED) is 0.707. The number of amides is 1. The maximum absolute atomic E-state index is 11.5. The van der Waals surface area contributed by atoms with Gasteiger partial charge in [-0.15, -0.1) is 11.3 Å². The third-order valence-corrected chi connectivity index (χ3v) is 5.03. The first kappa shape index (κ1) is 17.5. The summed E-state index contributed by atoms with van der Waals surface area (Å²) in [5.41, 5.74) is 3.97. The van der Waals surface area contributed by atoms with Gasteiger partial charge < -0.3 is 19.5 Å². The van der Waals surface area contributed by atoms with Crippen molar-refractivity contribution in [2.75, 3.05) is 20.5 Å². The van der Waals surface area contributed by atoms with Crippen molar-refractivity contribution in [3.05, 3.63) is 53.4 Å². The zero-order valence-corrected chi connectivity index (χ0v) is 15.5. The molecule has 1 aliphatic heterocycles. The molecule has 6 nitrogen and oxygen atoms in total. The number of carbonyl (C=O) groups excluding carboxylic acids is 1. The van der Waals surface area contributed by atoms with Gasteiger partial charge in [0.25, 0.3) is 0 Å². The van der Waals surface area contributed by atoms with E-state index in [1.54, 1.807) is 11.3 Å². The van der Waals surface area contributed by atoms with Gasteiger partial charge in [0.1, 0.15) is 11.6 Å². The fourth-order valence-electron chi connectivity index (χ4n) is 2.74. The molecule has 0 bridgehead atoms. The van der Waals surface area contributed by atoms with Gasteiger partial charge >= 0.3 is 0 Å². The highest BCUT2D eigenvalue weighted by Crippen LogP contribution is 2.37. The van der Waals surface area contributed by atoms with Gasteiger partial charge in [-0.05, 0) is 23.8 Å². The predicted molar refractivity (Wildman–Crippen MR) is 103 cm³/mol. The van der Waals surface area contributed by atoms with Crippen LogP contribution in [0.4, 0.5) is 0 Å². The molecule has 0 fully saturated rings. The van der Waals surface area contributed by atoms with Gasteiger partial charge in [0, 0.05) is 30.2 Å². The van der Waals surface area contributed by atoms with Gasteiger partial charge in [0.2, 0.25) is 12.7 Å². The van der Waals surface area contributed by atoms with Crippen molar-refractivity contribution in [1.29, 1.82) is 0 Å². The van der Waals surface area contributed by atoms with Gasteiger partial charge in [-0.25, -0.2) is 4.98 Å². The molecule has 0 unspecified atom stereocenters. The maximum Gasteiger partial charge on any atom is 0.246 e. The molecule has 0 radical (unpaired) electrons. The van der Waals surface area contributed by atoms with Crippen LogP contribution in [0.15, 0.2) is 47.8 Å². The van der Waals surface area contributed by atoms with Crippen LogP contribution in [0.25, 0.3) is 21.8 Å². The molecule has 2 aromatic carbocycles. The van der Waals surface area contributed by atoms with Crippen LogP contribution >= 0.6 is 11.3 Å². The topological polar surface area (TPSA) is 69.7 Å². The van der Waals surface area contributed by atoms with Crippen LogP contribution in [0.5, 0.6) is 11.5 Å². The minimum atomic E-state index is -0.130. The number of rotatable bonds is 6. The Morgan fingerprint density at radius 3 is 2.74 bits per heavy atom. The lowest BCUT2D eigenvalue weighted by Gasteiger charge is -2.05. The lowest BCUT2D eigenvalue weighted by Crippen LogP contribution is -2.26. The molecule has 27 heavy (non-hydrogen) atoms. The van der Waals surface area contributed by atoms with E-state index in [1.807, 2.05) is 47.8 Å². The summed E-state index contributed by atoms with van der Waals surface area (Å²) < 4.78 is 15.6. The summed E-state index contributed by atoms with van der Waals surface area (Å²) in [7, 11) is 1.50. The summed E-state index contributed by atoms with van der Waals surface area (Å²) in [6, 6.07) is 13.8. The summed E-state index contributed by atoms with van der Waals surface area (Å²) >= 11 is 1.59. The van der Waals surface area contributed by atoms with E-state index >= 15 is 0 Å². The van der Waals surface area contributed by atoms with Crippen molar-refractivity contribution in [1.82, 2.24) is 10.3 Å². The van der Waals surface area contributed by atoms with E-state index in [2.05, 4.69) is 5.32 Å². The van der Waals surface area contributed by atoms with Crippen molar-refractivity contribution in [3.63, 3.8) is 0 Å². The molecule has 0 atom stereocenters. The second-order valence-electron chi connectivity index (χ2n) is 6.01. The number of hydrogen-bond donors (Lipinski definition) is 1. The number of nitrogens with one attached hydrogen (secondary N) is 1. The highest BCUT2D eigenvalue weighted by atomic mass is 32.1. The number of fused-ring (bicyclic) bond motifs is 1. The number of methoxy groups -OCH3 is 1. The van der Waals surface area contributed by atoms with Crippen LogP contribution in [-0.2, 0) is 16.1 Å². The number of nitrogens with zero attached hydrogens (tertiary/aromatic N) is 1. The molecule has 0 aliphatic carbocycles. The first-order chi connectivity index (χ1) is 13.2. The number of carbonyl (C=O) groups is 1. The molecule has 3 aromatic rings. The van der Waals surface area contributed by atoms with E-state index in [0.29, 0.717) is 6.54 Å². The molecule has 0 saturated carbocycles. The lowest BCUT2D eigenvalue weighted by molar-refractivity contribution is -0.124. The van der Waals surface area contributed by atoms with Crippen molar-refractivity contribution in [2.24, 2.45) is 0 Å². The Labute approximate surface area is 160 Å². The van der Waals surface area contributed by atoms with Crippen molar-refractivity contribution < 1.29 is 19.0 Å². The molecule has 138 valence electrons. The summed E-state index contributed by atoms with van der Waals surface area (Å²) in [5.74, 6) is 1.39. The Morgan fingerprint density at radius 2 is 1.93 bits per heavy atom. The van der Waals surface area contributed by atoms with Gasteiger partial charge in [-0.2, -0.15) is 0 Å². The minimum absolute atomic E-state index is 0.0693. The number of aromatic nitrogens is 1. The second-order valence-corrected chi connectivity index (χ2v) is 6.87. The standard InChI is InChI=1S/C20H18N2O4S/c1-24-10-19(23)21-9-13-2-4-14(5-3-13)20-22-16(11-27-20)15-6-7-17-18(8-15)26-12-25-17/h2-8,11H,9-10,12H2,1H3,(H,21,23). The molecule has 2 heterocycles. The normalized spacial score (nSPS) is 12.2. The van der Waals surface area contributed by atoms with Crippen molar-refractivity contribution in [2.45, 2.75) is 6.54 Å². The highest BCUT2D eigenvalue weighted by molar-refractivity contribution is 7.13. The molecule has 1 amide bonds. The zero-order valence-electron chi connectivity index (χ0n) is 14.7. The molecule has 1 aromatic heterocycles. The summed E-state index contributed by atoms with van der Waals surface area (Å²) in [4.78, 5) is 16.2. The van der Waals surface area contributed by atoms with Crippen LogP contribution in [-0.4, -0.2) is 31.4 Å². The molecule has 1 N–H and O–H groups in total. The monoisotopic (exact) mass is 382 g/mol. The lowest BCUT2D eigenvalue weighted by atomic mass is 10.1. The summed E-state index contributed by atoms with van der Waals surface area (Å²) in [6.07, 6.45) is 0. The summed E-state index contributed by atoms with van der Waals surface area (Å²) in [5, 5.41) is 5.78. The van der Waals surface area contributed by atoms with E-state index in [1.165, 1.54) is 7.11 Å². The third-order valence-electron chi connectivity index (χ3n) is 4.14. The van der Waals surface area contributed by atoms with Crippen LogP contribution in [0.1, 0.15) is 5.56 Å². The summed E-state index contributed by atoms with van der Waals surface area (Å²) in [6.45, 7) is 0.808. The highest BCUT2D eigenvalue weighted by Gasteiger charge is 2.15. The average Bonchev–Trinajstić information content (AvgIpc) is 3.36. The van der Waals surface area contributed by atoms with Gasteiger partial charge in [-0.3, -0.25) is 4.79 Å². The number of hydrogen-bond acceptors (Lipinski definition) is 6. The minimum Gasteiger partial charge on any atom is -0.454 e. The Morgan fingerprint density at radius 1 is 1.15 bits per heavy atom. The third kappa shape index (κ3) is 3.94. The number of thiazole rings is 1. The van der Waals surface area contributed by atoms with E-state index in [9.17, 15) is 4.79 Å². The molecule has 0 saturated heterocycles. The predicted octanol–water partition coefficient (Wildman–Crippen LogP) is 3.47. The van der Waals surface area contributed by atoms with Gasteiger partial charge in [-0.1, -0.05) is 24.3 Å². The molecule has 4 rings (SSSR count). The fraction of sp³-hybridized carbons (Fsp3) is 0.200. The Hall–Kier alpha value is -2.90. The van der Waals surface area contributed by atoms with Gasteiger partial charge in [0.05, 0.1) is 5.69 Å². The van der Waals surface area contributed by atoms with E-state index in [-0.39, 0.29) is 19.3 Å². The first-order valence-corrected chi connectivity index (χ1v) is 9.31. The smallest absolute Gasteiger partial charge is 0.246 e. The van der Waals surface area contributed by atoms with E-state index in [4.69, 9.17) is 19.2 Å².